The molecule has 2 N–H and O–H groups in total. The molecule has 104 valence electrons. The van der Waals surface area contributed by atoms with Gasteiger partial charge in [-0.2, -0.15) is 0 Å². The maximum atomic E-state index is 11.0. The number of aromatic nitrogens is 2. The summed E-state index contributed by atoms with van der Waals surface area (Å²) in [5.41, 5.74) is 0.629. The van der Waals surface area contributed by atoms with Crippen LogP contribution < -0.4 is 0 Å². The Morgan fingerprint density at radius 3 is 3.00 bits per heavy atom. The number of thiazole rings is 1. The number of rotatable bonds is 4. The molecular formula is C12H11N3O3S2. The normalized spacial score (nSPS) is 12.7. The Bertz CT molecular complexity index is 706. The number of carboxylic acids is 1. The predicted molar refractivity (Wildman–Crippen MR) is 78.6 cm³/mol. The lowest BCUT2D eigenvalue weighted by Crippen LogP contribution is -2.15. The standard InChI is InChI=1S/C12H11N3O3S2/c1-7(11(17)18)15-10(16)9(20-12(15)19)6-14-8-3-2-4-13-5-8/h2-7,16H,1H3,(H,17,18). The maximum absolute atomic E-state index is 11.0. The van der Waals surface area contributed by atoms with Gasteiger partial charge in [0.05, 0.1) is 18.1 Å². The Morgan fingerprint density at radius 1 is 1.65 bits per heavy atom. The number of pyridine rings is 1. The molecule has 1 atom stereocenters. The van der Waals surface area contributed by atoms with Crippen molar-refractivity contribution in [1.29, 1.82) is 0 Å². The summed E-state index contributed by atoms with van der Waals surface area (Å²) in [7, 11) is 0. The van der Waals surface area contributed by atoms with Gasteiger partial charge in [-0.25, -0.2) is 4.79 Å². The third kappa shape index (κ3) is 2.91. The molecule has 0 aliphatic rings. The fourth-order valence-corrected chi connectivity index (χ4v) is 2.83. The molecule has 20 heavy (non-hydrogen) atoms. The molecule has 0 radical (unpaired) electrons. The van der Waals surface area contributed by atoms with E-state index in [-0.39, 0.29) is 9.83 Å². The van der Waals surface area contributed by atoms with Crippen LogP contribution in [0.4, 0.5) is 5.69 Å². The lowest BCUT2D eigenvalue weighted by Gasteiger charge is -2.08. The molecule has 0 spiro atoms. The highest BCUT2D eigenvalue weighted by molar-refractivity contribution is 7.73. The lowest BCUT2D eigenvalue weighted by molar-refractivity contribution is -0.140. The van der Waals surface area contributed by atoms with Crippen molar-refractivity contribution in [1.82, 2.24) is 9.55 Å². The number of hydrogen-bond donors (Lipinski definition) is 2. The summed E-state index contributed by atoms with van der Waals surface area (Å²) in [6.45, 7) is 1.45. The SMILES string of the molecule is CC(C(=O)O)n1c(O)c(C=Nc2cccnc2)sc1=S. The molecule has 1 unspecified atom stereocenters. The molecule has 2 aromatic rings. The fourth-order valence-electron chi connectivity index (χ4n) is 1.49. The molecule has 0 saturated heterocycles. The monoisotopic (exact) mass is 309 g/mol. The van der Waals surface area contributed by atoms with E-state index in [0.29, 0.717) is 10.6 Å². The van der Waals surface area contributed by atoms with Gasteiger partial charge in [0, 0.05) is 6.20 Å². The summed E-state index contributed by atoms with van der Waals surface area (Å²) in [4.78, 5) is 19.5. The molecule has 0 fully saturated rings. The van der Waals surface area contributed by atoms with Crippen molar-refractivity contribution in [2.75, 3.05) is 0 Å². The summed E-state index contributed by atoms with van der Waals surface area (Å²) >= 11 is 6.17. The Kier molecular flexibility index (Phi) is 4.26. The topological polar surface area (TPSA) is 87.7 Å². The van der Waals surface area contributed by atoms with Crippen LogP contribution in [0.1, 0.15) is 17.8 Å². The van der Waals surface area contributed by atoms with Crippen molar-refractivity contribution in [3.05, 3.63) is 33.4 Å². The largest absolute Gasteiger partial charge is 0.493 e. The average molecular weight is 309 g/mol. The van der Waals surface area contributed by atoms with Crippen molar-refractivity contribution >= 4 is 41.4 Å². The molecule has 8 heteroatoms. The second kappa shape index (κ2) is 5.93. The minimum absolute atomic E-state index is 0.192. The van der Waals surface area contributed by atoms with Gasteiger partial charge in [0.1, 0.15) is 10.9 Å². The second-order valence-electron chi connectivity index (χ2n) is 3.91. The van der Waals surface area contributed by atoms with E-state index in [0.717, 1.165) is 11.3 Å². The van der Waals surface area contributed by atoms with Crippen LogP contribution in [0.3, 0.4) is 0 Å². The molecule has 2 rings (SSSR count). The molecule has 6 nitrogen and oxygen atoms in total. The predicted octanol–water partition coefficient (Wildman–Crippen LogP) is 2.78. The minimum Gasteiger partial charge on any atom is -0.493 e. The highest BCUT2D eigenvalue weighted by Crippen LogP contribution is 2.28. The van der Waals surface area contributed by atoms with Gasteiger partial charge in [0.25, 0.3) is 0 Å². The number of aliphatic imine (C=N–C) groups is 1. The highest BCUT2D eigenvalue weighted by atomic mass is 32.1. The first kappa shape index (κ1) is 14.4. The number of aliphatic carboxylic acids is 1. The van der Waals surface area contributed by atoms with Gasteiger partial charge in [0.2, 0.25) is 5.88 Å². The van der Waals surface area contributed by atoms with E-state index in [2.05, 4.69) is 9.98 Å². The van der Waals surface area contributed by atoms with Gasteiger partial charge in [-0.1, -0.05) is 11.3 Å². The molecule has 0 aliphatic heterocycles. The molecule has 2 aromatic heterocycles. The number of aromatic hydroxyl groups is 1. The average Bonchev–Trinajstić information content (AvgIpc) is 2.71. The van der Waals surface area contributed by atoms with Crippen LogP contribution >= 0.6 is 23.6 Å². The zero-order valence-corrected chi connectivity index (χ0v) is 12.1. The molecule has 0 aromatic carbocycles. The van der Waals surface area contributed by atoms with Crippen molar-refractivity contribution in [2.45, 2.75) is 13.0 Å². The van der Waals surface area contributed by atoms with Crippen LogP contribution in [0, 0.1) is 3.95 Å². The molecule has 0 bridgehead atoms. The van der Waals surface area contributed by atoms with Crippen molar-refractivity contribution < 1.29 is 15.0 Å². The lowest BCUT2D eigenvalue weighted by atomic mass is 10.3. The Labute approximate surface area is 123 Å². The molecule has 0 saturated carbocycles. The Balaban J connectivity index is 2.36. The van der Waals surface area contributed by atoms with Crippen LogP contribution in [0.15, 0.2) is 29.5 Å². The van der Waals surface area contributed by atoms with E-state index in [9.17, 15) is 9.90 Å². The van der Waals surface area contributed by atoms with E-state index in [4.69, 9.17) is 17.3 Å². The van der Waals surface area contributed by atoms with Crippen LogP contribution in [-0.4, -0.2) is 31.9 Å². The van der Waals surface area contributed by atoms with E-state index >= 15 is 0 Å². The van der Waals surface area contributed by atoms with Gasteiger partial charge in [-0.3, -0.25) is 14.5 Å². The van der Waals surface area contributed by atoms with E-state index in [1.54, 1.807) is 24.5 Å². The Hall–Kier alpha value is -2.06. The summed E-state index contributed by atoms with van der Waals surface area (Å²) in [5, 5.41) is 19.0. The number of carbonyl (C=O) groups is 1. The second-order valence-corrected chi connectivity index (χ2v) is 5.59. The minimum atomic E-state index is -1.06. The summed E-state index contributed by atoms with van der Waals surface area (Å²) < 4.78 is 1.47. The third-order valence-electron chi connectivity index (χ3n) is 2.56. The van der Waals surface area contributed by atoms with Crippen LogP contribution in [0.2, 0.25) is 0 Å². The summed E-state index contributed by atoms with van der Waals surface area (Å²) in [6, 6.07) is 2.57. The molecule has 2 heterocycles. The number of carboxylic acid groups (broad SMARTS) is 1. The van der Waals surface area contributed by atoms with Gasteiger partial charge >= 0.3 is 5.97 Å². The van der Waals surface area contributed by atoms with E-state index in [1.807, 2.05) is 0 Å². The first-order chi connectivity index (χ1) is 9.50. The smallest absolute Gasteiger partial charge is 0.326 e. The van der Waals surface area contributed by atoms with Gasteiger partial charge in [-0.05, 0) is 31.3 Å². The quantitative estimate of drug-likeness (QED) is 0.670. The van der Waals surface area contributed by atoms with Crippen LogP contribution in [0.5, 0.6) is 5.88 Å². The molecule has 0 amide bonds. The van der Waals surface area contributed by atoms with Gasteiger partial charge < -0.3 is 10.2 Å². The summed E-state index contributed by atoms with van der Waals surface area (Å²) in [5.74, 6) is -1.26. The molecule has 0 aliphatic carbocycles. The van der Waals surface area contributed by atoms with Gasteiger partial charge in [-0.15, -0.1) is 0 Å². The van der Waals surface area contributed by atoms with Crippen molar-refractivity contribution in [3.63, 3.8) is 0 Å². The van der Waals surface area contributed by atoms with Crippen LogP contribution in [-0.2, 0) is 4.79 Å². The first-order valence-electron chi connectivity index (χ1n) is 5.62. The van der Waals surface area contributed by atoms with Crippen molar-refractivity contribution in [3.8, 4) is 5.88 Å². The third-order valence-corrected chi connectivity index (χ3v) is 3.89. The Morgan fingerprint density at radius 2 is 2.40 bits per heavy atom. The highest BCUT2D eigenvalue weighted by Gasteiger charge is 2.20. The summed E-state index contributed by atoms with van der Waals surface area (Å²) in [6.07, 6.45) is 4.65. The van der Waals surface area contributed by atoms with Gasteiger partial charge in [0.15, 0.2) is 3.95 Å². The van der Waals surface area contributed by atoms with E-state index < -0.39 is 12.0 Å². The zero-order chi connectivity index (χ0) is 14.7. The number of nitrogens with zero attached hydrogens (tertiary/aromatic N) is 3. The van der Waals surface area contributed by atoms with E-state index in [1.165, 1.54) is 17.7 Å². The first-order valence-corrected chi connectivity index (χ1v) is 6.84. The fraction of sp³-hybridized carbons (Fsp3) is 0.167. The van der Waals surface area contributed by atoms with Crippen molar-refractivity contribution in [2.24, 2.45) is 4.99 Å². The zero-order valence-electron chi connectivity index (χ0n) is 10.4. The molecular weight excluding hydrogens is 298 g/mol. The number of hydrogen-bond acceptors (Lipinski definition) is 6. The van der Waals surface area contributed by atoms with Crippen LogP contribution in [0.25, 0.3) is 0 Å². The maximum Gasteiger partial charge on any atom is 0.326 e.